The number of benzene rings is 1. The van der Waals surface area contributed by atoms with Crippen molar-refractivity contribution in [3.63, 3.8) is 0 Å². The quantitative estimate of drug-likeness (QED) is 0.585. The monoisotopic (exact) mass is 150 g/mol. The van der Waals surface area contributed by atoms with Crippen molar-refractivity contribution in [3.8, 4) is 0 Å². The van der Waals surface area contributed by atoms with Crippen LogP contribution in [0, 0.1) is 5.82 Å². The van der Waals surface area contributed by atoms with Gasteiger partial charge in [-0.2, -0.15) is 0 Å². The fraction of sp³-hybridized carbons (Fsp3) is 0. The minimum Gasteiger partial charge on any atom is -0.478 e. The molecule has 0 amide bonds. The van der Waals surface area contributed by atoms with E-state index in [1.165, 1.54) is 0 Å². The molecule has 0 saturated carbocycles. The molecule has 1 N–H and O–H groups in total. The van der Waals surface area contributed by atoms with Gasteiger partial charge in [0.25, 0.3) is 0 Å². The van der Waals surface area contributed by atoms with E-state index in [1.807, 2.05) is 0 Å². The van der Waals surface area contributed by atoms with Crippen LogP contribution < -0.4 is 5.46 Å². The third-order valence-corrected chi connectivity index (χ3v) is 1.24. The van der Waals surface area contributed by atoms with Crippen molar-refractivity contribution in [2.45, 2.75) is 0 Å². The predicted octanol–water partition coefficient (Wildman–Crippen LogP) is 0.318. The number of carboxylic acids is 1. The molecule has 2 radical (unpaired) electrons. The first kappa shape index (κ1) is 7.79. The summed E-state index contributed by atoms with van der Waals surface area (Å²) >= 11 is 0. The molecule has 54 valence electrons. The lowest BCUT2D eigenvalue weighted by atomic mass is 9.94. The molecule has 0 heterocycles. The highest BCUT2D eigenvalue weighted by Crippen LogP contribution is 1.98. The van der Waals surface area contributed by atoms with E-state index in [1.54, 1.807) is 0 Å². The summed E-state index contributed by atoms with van der Waals surface area (Å²) in [5.74, 6) is -1.72. The molecule has 0 fully saturated rings. The molecule has 0 aliphatic heterocycles. The van der Waals surface area contributed by atoms with Crippen molar-refractivity contribution < 1.29 is 14.3 Å². The first-order valence-corrected chi connectivity index (χ1v) is 2.89. The average Bonchev–Trinajstić information content (AvgIpc) is 1.94. The number of hydrogen-bond acceptors (Lipinski definition) is 1. The van der Waals surface area contributed by atoms with Gasteiger partial charge in [0.1, 0.15) is 13.7 Å². The van der Waals surface area contributed by atoms with E-state index in [4.69, 9.17) is 13.0 Å². The van der Waals surface area contributed by atoms with Gasteiger partial charge >= 0.3 is 5.97 Å². The second kappa shape index (κ2) is 2.74. The highest BCUT2D eigenvalue weighted by Gasteiger charge is 2.03. The summed E-state index contributed by atoms with van der Waals surface area (Å²) < 4.78 is 12.4. The van der Waals surface area contributed by atoms with Gasteiger partial charge in [-0.1, -0.05) is 11.5 Å². The lowest BCUT2D eigenvalue weighted by Crippen LogP contribution is -2.11. The fourth-order valence-electron chi connectivity index (χ4n) is 0.677. The van der Waals surface area contributed by atoms with E-state index in [2.05, 4.69) is 0 Å². The molecular weight excluding hydrogens is 146 g/mol. The topological polar surface area (TPSA) is 37.3 Å². The van der Waals surface area contributed by atoms with Crippen molar-refractivity contribution in [2.75, 3.05) is 0 Å². The maximum Gasteiger partial charge on any atom is 0.335 e. The second-order valence-electron chi connectivity index (χ2n) is 2.04. The van der Waals surface area contributed by atoms with E-state index >= 15 is 0 Å². The molecule has 1 rings (SSSR count). The van der Waals surface area contributed by atoms with Crippen LogP contribution in [0.2, 0.25) is 0 Å². The molecule has 0 bridgehead atoms. The van der Waals surface area contributed by atoms with Crippen molar-refractivity contribution >= 4 is 19.3 Å². The van der Waals surface area contributed by atoms with Crippen LogP contribution in [0.15, 0.2) is 18.2 Å². The molecule has 0 spiro atoms. The van der Waals surface area contributed by atoms with Crippen LogP contribution in [0.5, 0.6) is 0 Å². The van der Waals surface area contributed by atoms with Gasteiger partial charge in [0.05, 0.1) is 5.56 Å². The zero-order chi connectivity index (χ0) is 8.43. The molecule has 4 heteroatoms. The standard InChI is InChI=1S/C7H4BFO2/c8-5-3-4(7(10)11)1-2-6(5)9/h1-3H,(H,10,11). The fourth-order valence-corrected chi connectivity index (χ4v) is 0.677. The Kier molecular flexibility index (Phi) is 1.94. The van der Waals surface area contributed by atoms with Crippen LogP contribution in [-0.2, 0) is 0 Å². The molecule has 0 saturated heterocycles. The van der Waals surface area contributed by atoms with Crippen LogP contribution in [0.4, 0.5) is 4.39 Å². The number of rotatable bonds is 1. The molecular formula is C7H4BFO2. The second-order valence-corrected chi connectivity index (χ2v) is 2.04. The summed E-state index contributed by atoms with van der Waals surface area (Å²) in [7, 11) is 5.12. The molecule has 11 heavy (non-hydrogen) atoms. The smallest absolute Gasteiger partial charge is 0.335 e. The largest absolute Gasteiger partial charge is 0.478 e. The molecule has 0 aliphatic rings. The van der Waals surface area contributed by atoms with Gasteiger partial charge in [0, 0.05) is 0 Å². The lowest BCUT2D eigenvalue weighted by molar-refractivity contribution is 0.0697. The summed E-state index contributed by atoms with van der Waals surface area (Å²) in [4.78, 5) is 10.3. The maximum atomic E-state index is 12.4. The summed E-state index contributed by atoms with van der Waals surface area (Å²) in [6, 6.07) is 3.27. The van der Waals surface area contributed by atoms with E-state index < -0.39 is 11.8 Å². The van der Waals surface area contributed by atoms with Gasteiger partial charge in [-0.15, -0.1) is 0 Å². The molecule has 1 aromatic carbocycles. The van der Waals surface area contributed by atoms with Crippen LogP contribution in [0.25, 0.3) is 0 Å². The number of carbonyl (C=O) groups is 1. The zero-order valence-corrected chi connectivity index (χ0v) is 5.54. The van der Waals surface area contributed by atoms with Gasteiger partial charge in [0.2, 0.25) is 0 Å². The lowest BCUT2D eigenvalue weighted by Gasteiger charge is -1.97. The molecule has 2 nitrogen and oxygen atoms in total. The van der Waals surface area contributed by atoms with Gasteiger partial charge < -0.3 is 5.11 Å². The Bertz CT molecular complexity index is 298. The molecule has 1 aromatic rings. The van der Waals surface area contributed by atoms with Crippen molar-refractivity contribution in [2.24, 2.45) is 0 Å². The van der Waals surface area contributed by atoms with Crippen LogP contribution in [-0.4, -0.2) is 18.9 Å². The van der Waals surface area contributed by atoms with Gasteiger partial charge in [-0.25, -0.2) is 9.18 Å². The Balaban J connectivity index is 3.15. The summed E-state index contributed by atoms with van der Waals surface area (Å²) in [5.41, 5.74) is -0.159. The van der Waals surface area contributed by atoms with E-state index in [9.17, 15) is 9.18 Å². The van der Waals surface area contributed by atoms with E-state index in [0.717, 1.165) is 18.2 Å². The predicted molar refractivity (Wildman–Crippen MR) is 38.7 cm³/mol. The molecule has 0 aromatic heterocycles. The first-order valence-electron chi connectivity index (χ1n) is 2.89. The third kappa shape index (κ3) is 1.58. The summed E-state index contributed by atoms with van der Waals surface area (Å²) in [6.45, 7) is 0. The van der Waals surface area contributed by atoms with Gasteiger partial charge in [-0.05, 0) is 12.1 Å². The summed E-state index contributed by atoms with van der Waals surface area (Å²) in [6.07, 6.45) is 0. The normalized spacial score (nSPS) is 9.55. The number of aromatic carboxylic acids is 1. The Labute approximate surface area is 64.1 Å². The van der Waals surface area contributed by atoms with Crippen LogP contribution in [0.1, 0.15) is 10.4 Å². The van der Waals surface area contributed by atoms with Crippen molar-refractivity contribution in [3.05, 3.63) is 29.6 Å². The SMILES string of the molecule is [B]c1cc(C(=O)O)ccc1F. The first-order chi connectivity index (χ1) is 5.11. The average molecular weight is 150 g/mol. The minimum absolute atomic E-state index is 0.0103. The Hall–Kier alpha value is -1.32. The number of halogens is 1. The Morgan fingerprint density at radius 2 is 2.18 bits per heavy atom. The van der Waals surface area contributed by atoms with Crippen molar-refractivity contribution in [1.29, 1.82) is 0 Å². The number of hydrogen-bond donors (Lipinski definition) is 1. The van der Waals surface area contributed by atoms with Crippen LogP contribution in [0.3, 0.4) is 0 Å². The Morgan fingerprint density at radius 1 is 1.55 bits per heavy atom. The zero-order valence-electron chi connectivity index (χ0n) is 5.54. The minimum atomic E-state index is -1.11. The van der Waals surface area contributed by atoms with Crippen LogP contribution >= 0.6 is 0 Å². The highest BCUT2D eigenvalue weighted by molar-refractivity contribution is 6.32. The maximum absolute atomic E-state index is 12.4. The van der Waals surface area contributed by atoms with Crippen molar-refractivity contribution in [1.82, 2.24) is 0 Å². The number of carboxylic acid groups (broad SMARTS) is 1. The highest BCUT2D eigenvalue weighted by atomic mass is 19.1. The Morgan fingerprint density at radius 3 is 2.64 bits per heavy atom. The third-order valence-electron chi connectivity index (χ3n) is 1.24. The molecule has 0 unspecified atom stereocenters. The summed E-state index contributed by atoms with van der Waals surface area (Å²) in [5, 5.41) is 8.42. The van der Waals surface area contributed by atoms with E-state index in [0.29, 0.717) is 0 Å². The van der Waals surface area contributed by atoms with E-state index in [-0.39, 0.29) is 11.0 Å². The molecule has 0 aliphatic carbocycles. The molecule has 0 atom stereocenters. The van der Waals surface area contributed by atoms with Gasteiger partial charge in [0.15, 0.2) is 0 Å². The van der Waals surface area contributed by atoms with Gasteiger partial charge in [-0.3, -0.25) is 0 Å².